The van der Waals surface area contributed by atoms with Gasteiger partial charge in [0.2, 0.25) is 0 Å². The van der Waals surface area contributed by atoms with Crippen LogP contribution < -0.4 is 16.4 Å². The lowest BCUT2D eigenvalue weighted by Crippen LogP contribution is -2.51. The molecular formula is C18H23N5O. The summed E-state index contributed by atoms with van der Waals surface area (Å²) in [5.74, 6) is 0.748. The van der Waals surface area contributed by atoms with Crippen LogP contribution >= 0.6 is 0 Å². The van der Waals surface area contributed by atoms with E-state index in [9.17, 15) is 4.79 Å². The number of fused-ring (bicyclic) bond motifs is 1. The van der Waals surface area contributed by atoms with Crippen molar-refractivity contribution in [2.75, 3.05) is 18.4 Å². The first kappa shape index (κ1) is 15.2. The zero-order chi connectivity index (χ0) is 16.6. The molecule has 0 unspecified atom stereocenters. The molecule has 126 valence electrons. The summed E-state index contributed by atoms with van der Waals surface area (Å²) in [6.07, 6.45) is 5.21. The molecule has 0 radical (unpaired) electrons. The van der Waals surface area contributed by atoms with Crippen LogP contribution in [0.1, 0.15) is 35.2 Å². The Morgan fingerprint density at radius 1 is 1.38 bits per heavy atom. The Labute approximate surface area is 141 Å². The topological polar surface area (TPSA) is 85.0 Å². The average Bonchev–Trinajstić information content (AvgIpc) is 2.98. The van der Waals surface area contributed by atoms with Crippen molar-refractivity contribution in [2.45, 2.75) is 31.3 Å². The minimum absolute atomic E-state index is 0.129. The molecule has 1 aliphatic carbocycles. The molecule has 0 spiro atoms. The van der Waals surface area contributed by atoms with Gasteiger partial charge in [-0.15, -0.1) is 0 Å². The second-order valence-corrected chi connectivity index (χ2v) is 6.88. The molecular weight excluding hydrogens is 302 g/mol. The van der Waals surface area contributed by atoms with Gasteiger partial charge in [-0.25, -0.2) is 4.68 Å². The number of benzene rings is 1. The molecule has 1 aromatic carbocycles. The maximum atomic E-state index is 11.4. The smallest absolute Gasteiger partial charge is 0.254 e. The summed E-state index contributed by atoms with van der Waals surface area (Å²) < 4.78 is 1.85. The highest BCUT2D eigenvalue weighted by atomic mass is 16.1. The molecule has 1 fully saturated rings. The molecule has 2 aromatic rings. The first-order valence-corrected chi connectivity index (χ1v) is 8.58. The number of nitrogens with zero attached hydrogens (tertiary/aromatic N) is 2. The highest BCUT2D eigenvalue weighted by molar-refractivity contribution is 5.97. The predicted octanol–water partition coefficient (Wildman–Crippen LogP) is 1.69. The normalized spacial score (nSPS) is 21.4. The van der Waals surface area contributed by atoms with E-state index >= 15 is 0 Å². The number of carbonyl (C=O) groups excluding carboxylic acids is 1. The van der Waals surface area contributed by atoms with E-state index in [1.807, 2.05) is 4.68 Å². The van der Waals surface area contributed by atoms with Crippen LogP contribution in [0, 0.1) is 5.92 Å². The first-order valence-electron chi connectivity index (χ1n) is 8.58. The number of nitrogens with two attached hydrogens (primary N) is 1. The van der Waals surface area contributed by atoms with E-state index in [2.05, 4.69) is 46.1 Å². The molecule has 6 nitrogen and oxygen atoms in total. The van der Waals surface area contributed by atoms with Gasteiger partial charge in [-0.3, -0.25) is 4.79 Å². The Hall–Kier alpha value is -2.34. The second-order valence-electron chi connectivity index (χ2n) is 6.88. The number of nitrogens with one attached hydrogen (secondary N) is 2. The van der Waals surface area contributed by atoms with Crippen molar-refractivity contribution in [3.63, 3.8) is 0 Å². The standard InChI is InChI=1S/C18H23N5O/c19-16(24)15-11-22-23-12-13(9-20-17(15)23)10-21-18(7-4-8-18)14-5-2-1-3-6-14/h1-3,5-6,11,13,20-21H,4,7-10,12H2,(H2,19,24)/t13-/m1/s1. The Bertz CT molecular complexity index is 735. The molecule has 1 amide bonds. The molecule has 24 heavy (non-hydrogen) atoms. The Morgan fingerprint density at radius 3 is 2.83 bits per heavy atom. The van der Waals surface area contributed by atoms with E-state index in [0.717, 1.165) is 25.5 Å². The molecule has 1 atom stereocenters. The van der Waals surface area contributed by atoms with Crippen LogP contribution in [0.4, 0.5) is 5.82 Å². The Balaban J connectivity index is 1.42. The van der Waals surface area contributed by atoms with E-state index in [0.29, 0.717) is 11.5 Å². The lowest BCUT2D eigenvalue weighted by Gasteiger charge is -2.44. The van der Waals surface area contributed by atoms with Gasteiger partial charge in [0.1, 0.15) is 11.4 Å². The van der Waals surface area contributed by atoms with Gasteiger partial charge >= 0.3 is 0 Å². The van der Waals surface area contributed by atoms with Crippen molar-refractivity contribution in [2.24, 2.45) is 11.7 Å². The van der Waals surface area contributed by atoms with E-state index in [1.165, 1.54) is 24.8 Å². The number of primary amides is 1. The quantitative estimate of drug-likeness (QED) is 0.781. The van der Waals surface area contributed by atoms with Crippen molar-refractivity contribution in [3.8, 4) is 0 Å². The maximum Gasteiger partial charge on any atom is 0.254 e. The van der Waals surface area contributed by atoms with Gasteiger partial charge in [-0.2, -0.15) is 5.10 Å². The fourth-order valence-electron chi connectivity index (χ4n) is 3.77. The third-order valence-electron chi connectivity index (χ3n) is 5.36. The number of hydrogen-bond acceptors (Lipinski definition) is 4. The third-order valence-corrected chi connectivity index (χ3v) is 5.36. The van der Waals surface area contributed by atoms with Crippen LogP contribution in [-0.2, 0) is 12.1 Å². The molecule has 0 saturated heterocycles. The van der Waals surface area contributed by atoms with E-state index in [-0.39, 0.29) is 5.54 Å². The van der Waals surface area contributed by atoms with Crippen LogP contribution in [0.3, 0.4) is 0 Å². The molecule has 1 saturated carbocycles. The fourth-order valence-corrected chi connectivity index (χ4v) is 3.77. The minimum atomic E-state index is -0.433. The first-order chi connectivity index (χ1) is 11.7. The van der Waals surface area contributed by atoms with Gasteiger partial charge in [0.25, 0.3) is 5.91 Å². The fraction of sp³-hybridized carbons (Fsp3) is 0.444. The van der Waals surface area contributed by atoms with Crippen molar-refractivity contribution in [3.05, 3.63) is 47.7 Å². The van der Waals surface area contributed by atoms with Crippen molar-refractivity contribution < 1.29 is 4.79 Å². The molecule has 2 heterocycles. The summed E-state index contributed by atoms with van der Waals surface area (Å²) in [4.78, 5) is 11.4. The van der Waals surface area contributed by atoms with Crippen LogP contribution in [0.5, 0.6) is 0 Å². The largest absolute Gasteiger partial charge is 0.369 e. The number of rotatable bonds is 5. The Kier molecular flexibility index (Phi) is 3.76. The summed E-state index contributed by atoms with van der Waals surface area (Å²) in [6.45, 7) is 2.55. The lowest BCUT2D eigenvalue weighted by atomic mass is 9.71. The summed E-state index contributed by atoms with van der Waals surface area (Å²) >= 11 is 0. The van der Waals surface area contributed by atoms with Gasteiger partial charge in [0.05, 0.1) is 6.20 Å². The summed E-state index contributed by atoms with van der Waals surface area (Å²) in [5, 5.41) is 11.4. The van der Waals surface area contributed by atoms with Crippen LogP contribution in [0.25, 0.3) is 0 Å². The molecule has 4 N–H and O–H groups in total. The van der Waals surface area contributed by atoms with Crippen LogP contribution in [0.15, 0.2) is 36.5 Å². The minimum Gasteiger partial charge on any atom is -0.369 e. The second kappa shape index (κ2) is 5.94. The van der Waals surface area contributed by atoms with Crippen molar-refractivity contribution >= 4 is 11.7 Å². The zero-order valence-corrected chi connectivity index (χ0v) is 13.7. The van der Waals surface area contributed by atoms with Crippen LogP contribution in [-0.4, -0.2) is 28.8 Å². The Morgan fingerprint density at radius 2 is 2.17 bits per heavy atom. The monoisotopic (exact) mass is 325 g/mol. The summed E-state index contributed by atoms with van der Waals surface area (Å²) in [5.41, 5.74) is 7.37. The van der Waals surface area contributed by atoms with Gasteiger partial charge in [-0.1, -0.05) is 30.3 Å². The number of aromatic nitrogens is 2. The highest BCUT2D eigenvalue weighted by Crippen LogP contribution is 2.41. The maximum absolute atomic E-state index is 11.4. The lowest BCUT2D eigenvalue weighted by molar-refractivity contribution is 0.100. The molecule has 1 aliphatic heterocycles. The molecule has 1 aromatic heterocycles. The van der Waals surface area contributed by atoms with E-state index in [1.54, 1.807) is 6.20 Å². The predicted molar refractivity (Wildman–Crippen MR) is 92.7 cm³/mol. The summed E-state index contributed by atoms with van der Waals surface area (Å²) in [6, 6.07) is 10.7. The van der Waals surface area contributed by atoms with Crippen molar-refractivity contribution in [1.82, 2.24) is 15.1 Å². The van der Waals surface area contributed by atoms with Gasteiger partial charge in [0, 0.05) is 31.1 Å². The van der Waals surface area contributed by atoms with E-state index < -0.39 is 5.91 Å². The number of anilines is 1. The SMILES string of the molecule is NC(=O)c1cnn2c1NC[C@H](CNC1(c3ccccc3)CCC1)C2. The third kappa shape index (κ3) is 2.57. The van der Waals surface area contributed by atoms with Crippen LogP contribution in [0.2, 0.25) is 0 Å². The van der Waals surface area contributed by atoms with Crippen molar-refractivity contribution in [1.29, 1.82) is 0 Å². The van der Waals surface area contributed by atoms with Gasteiger partial charge < -0.3 is 16.4 Å². The number of amides is 1. The summed E-state index contributed by atoms with van der Waals surface area (Å²) in [7, 11) is 0. The highest BCUT2D eigenvalue weighted by Gasteiger charge is 2.38. The zero-order valence-electron chi connectivity index (χ0n) is 13.7. The molecule has 4 rings (SSSR count). The number of carbonyl (C=O) groups is 1. The molecule has 2 aliphatic rings. The molecule has 0 bridgehead atoms. The molecule has 6 heteroatoms. The average molecular weight is 325 g/mol. The van der Waals surface area contributed by atoms with E-state index in [4.69, 9.17) is 5.73 Å². The number of hydrogen-bond donors (Lipinski definition) is 3. The van der Waals surface area contributed by atoms with Gasteiger partial charge in [0.15, 0.2) is 0 Å². The van der Waals surface area contributed by atoms with Gasteiger partial charge in [-0.05, 0) is 24.8 Å².